The highest BCUT2D eigenvalue weighted by Gasteiger charge is 2.18. The van der Waals surface area contributed by atoms with Crippen LogP contribution in [-0.4, -0.2) is 22.1 Å². The maximum atomic E-state index is 5.98. The van der Waals surface area contributed by atoms with Crippen molar-refractivity contribution in [3.63, 3.8) is 0 Å². The van der Waals surface area contributed by atoms with Gasteiger partial charge in [0.2, 0.25) is 5.28 Å². The maximum absolute atomic E-state index is 5.98. The molecular weight excluding hydrogens is 342 g/mol. The molecule has 0 aliphatic carbocycles. The first-order valence-corrected chi connectivity index (χ1v) is 8.83. The molecule has 0 radical (unpaired) electrons. The molecule has 3 rings (SSSR count). The average Bonchev–Trinajstić information content (AvgIpc) is 3.00. The van der Waals surface area contributed by atoms with E-state index in [1.807, 2.05) is 25.1 Å². The molecule has 0 saturated heterocycles. The zero-order chi connectivity index (χ0) is 17.3. The van der Waals surface area contributed by atoms with Crippen molar-refractivity contribution in [2.24, 2.45) is 0 Å². The van der Waals surface area contributed by atoms with Crippen LogP contribution in [0.4, 0.5) is 0 Å². The highest BCUT2D eigenvalue weighted by molar-refractivity contribution is 7.15. The number of nitrogens with zero attached hydrogens (tertiary/aromatic N) is 3. The second-order valence-electron chi connectivity index (χ2n) is 5.83. The van der Waals surface area contributed by atoms with Gasteiger partial charge in [0.1, 0.15) is 5.75 Å². The highest BCUT2D eigenvalue weighted by Crippen LogP contribution is 2.39. The molecule has 6 heteroatoms. The van der Waals surface area contributed by atoms with Crippen LogP contribution in [0, 0.1) is 6.92 Å². The van der Waals surface area contributed by atoms with Gasteiger partial charge in [-0.15, -0.1) is 11.3 Å². The number of aryl methyl sites for hydroxylation is 1. The Balaban J connectivity index is 2.22. The Morgan fingerprint density at radius 2 is 1.96 bits per heavy atom. The van der Waals surface area contributed by atoms with Gasteiger partial charge < -0.3 is 4.74 Å². The van der Waals surface area contributed by atoms with Crippen molar-refractivity contribution >= 4 is 22.9 Å². The first-order valence-electron chi connectivity index (χ1n) is 7.63. The Morgan fingerprint density at radius 1 is 1.17 bits per heavy atom. The molecule has 2 aromatic heterocycles. The highest BCUT2D eigenvalue weighted by atomic mass is 35.5. The first-order chi connectivity index (χ1) is 11.5. The van der Waals surface area contributed by atoms with Gasteiger partial charge in [0.25, 0.3) is 0 Å². The van der Waals surface area contributed by atoms with Gasteiger partial charge in [0, 0.05) is 17.7 Å². The largest absolute Gasteiger partial charge is 0.497 e. The molecule has 24 heavy (non-hydrogen) atoms. The summed E-state index contributed by atoms with van der Waals surface area (Å²) in [5.41, 5.74) is 3.82. The van der Waals surface area contributed by atoms with Crippen LogP contribution in [0.15, 0.2) is 30.5 Å². The number of thiazole rings is 1. The van der Waals surface area contributed by atoms with Gasteiger partial charge in [0.05, 0.1) is 28.4 Å². The Kier molecular flexibility index (Phi) is 4.83. The Hall–Kier alpha value is -1.98. The fourth-order valence-electron chi connectivity index (χ4n) is 2.42. The van der Waals surface area contributed by atoms with Crippen LogP contribution in [-0.2, 0) is 0 Å². The molecule has 0 atom stereocenters. The summed E-state index contributed by atoms with van der Waals surface area (Å²) in [7, 11) is 1.67. The number of aromatic nitrogens is 3. The summed E-state index contributed by atoms with van der Waals surface area (Å²) in [6.45, 7) is 6.31. The summed E-state index contributed by atoms with van der Waals surface area (Å²) in [5.74, 6) is 1.15. The smallest absolute Gasteiger partial charge is 0.222 e. The number of halogens is 1. The molecule has 0 aliphatic heterocycles. The lowest BCUT2D eigenvalue weighted by molar-refractivity contribution is 0.414. The number of methoxy groups -OCH3 is 1. The lowest BCUT2D eigenvalue weighted by Crippen LogP contribution is -1.91. The molecule has 0 N–H and O–H groups in total. The van der Waals surface area contributed by atoms with E-state index in [1.165, 1.54) is 0 Å². The molecule has 0 amide bonds. The summed E-state index contributed by atoms with van der Waals surface area (Å²) in [4.78, 5) is 14.2. The molecule has 2 heterocycles. The van der Waals surface area contributed by atoms with E-state index in [1.54, 1.807) is 24.6 Å². The van der Waals surface area contributed by atoms with E-state index >= 15 is 0 Å². The number of hydrogen-bond donors (Lipinski definition) is 0. The third-order valence-electron chi connectivity index (χ3n) is 3.56. The Labute approximate surface area is 150 Å². The zero-order valence-electron chi connectivity index (χ0n) is 14.0. The van der Waals surface area contributed by atoms with E-state index in [9.17, 15) is 0 Å². The SMILES string of the molecule is COc1cc(C)cc(-c2nc(C(C)C)sc2-c2ccnc(Cl)n2)c1. The van der Waals surface area contributed by atoms with E-state index in [4.69, 9.17) is 21.3 Å². The average molecular weight is 360 g/mol. The van der Waals surface area contributed by atoms with Crippen molar-refractivity contribution in [1.82, 2.24) is 15.0 Å². The molecule has 4 nitrogen and oxygen atoms in total. The minimum Gasteiger partial charge on any atom is -0.497 e. The van der Waals surface area contributed by atoms with E-state index in [2.05, 4.69) is 29.9 Å². The summed E-state index contributed by atoms with van der Waals surface area (Å²) >= 11 is 7.62. The van der Waals surface area contributed by atoms with Crippen LogP contribution in [0.25, 0.3) is 21.8 Å². The van der Waals surface area contributed by atoms with E-state index < -0.39 is 0 Å². The normalized spacial score (nSPS) is 11.1. The van der Waals surface area contributed by atoms with Gasteiger partial charge >= 0.3 is 0 Å². The minimum atomic E-state index is 0.236. The van der Waals surface area contributed by atoms with Crippen molar-refractivity contribution in [2.75, 3.05) is 7.11 Å². The van der Waals surface area contributed by atoms with Crippen molar-refractivity contribution < 1.29 is 4.74 Å². The van der Waals surface area contributed by atoms with Gasteiger partial charge in [-0.25, -0.2) is 15.0 Å². The number of ether oxygens (including phenoxy) is 1. The Morgan fingerprint density at radius 3 is 2.62 bits per heavy atom. The van der Waals surface area contributed by atoms with Crippen molar-refractivity contribution in [2.45, 2.75) is 26.7 Å². The van der Waals surface area contributed by atoms with Crippen molar-refractivity contribution in [3.8, 4) is 27.6 Å². The monoisotopic (exact) mass is 359 g/mol. The number of benzene rings is 1. The van der Waals surface area contributed by atoms with Crippen LogP contribution >= 0.6 is 22.9 Å². The molecule has 1 aromatic carbocycles. The van der Waals surface area contributed by atoms with Gasteiger partial charge in [0.15, 0.2) is 0 Å². The fourth-order valence-corrected chi connectivity index (χ4v) is 3.62. The topological polar surface area (TPSA) is 47.9 Å². The van der Waals surface area contributed by atoms with Crippen LogP contribution in [0.5, 0.6) is 5.75 Å². The summed E-state index contributed by atoms with van der Waals surface area (Å²) in [6, 6.07) is 7.97. The standard InChI is InChI=1S/C18H18ClN3OS/c1-10(2)17-22-15(12-7-11(3)8-13(9-12)23-4)16(24-17)14-5-6-20-18(19)21-14/h5-10H,1-4H3. The van der Waals surface area contributed by atoms with Crippen LogP contribution in [0.2, 0.25) is 5.28 Å². The number of rotatable bonds is 4. The second kappa shape index (κ2) is 6.87. The van der Waals surface area contributed by atoms with Crippen LogP contribution in [0.1, 0.15) is 30.3 Å². The predicted molar refractivity (Wildman–Crippen MR) is 99.0 cm³/mol. The van der Waals surface area contributed by atoms with Crippen molar-refractivity contribution in [1.29, 1.82) is 0 Å². The lowest BCUT2D eigenvalue weighted by Gasteiger charge is -2.07. The molecule has 3 aromatic rings. The fraction of sp³-hybridized carbons (Fsp3) is 0.278. The predicted octanol–water partition coefficient (Wildman–Crippen LogP) is 5.36. The molecule has 0 saturated carbocycles. The first kappa shape index (κ1) is 16.9. The van der Waals surface area contributed by atoms with E-state index in [-0.39, 0.29) is 5.28 Å². The maximum Gasteiger partial charge on any atom is 0.222 e. The third-order valence-corrected chi connectivity index (χ3v) is 5.12. The Bertz CT molecular complexity index is 876. The van der Waals surface area contributed by atoms with Crippen LogP contribution < -0.4 is 4.74 Å². The minimum absolute atomic E-state index is 0.236. The number of hydrogen-bond acceptors (Lipinski definition) is 5. The van der Waals surface area contributed by atoms with Gasteiger partial charge in [-0.1, -0.05) is 13.8 Å². The molecule has 0 fully saturated rings. The molecule has 0 aliphatic rings. The molecule has 0 bridgehead atoms. The van der Waals surface area contributed by atoms with E-state index in [0.717, 1.165) is 38.1 Å². The molecular formula is C18H18ClN3OS. The summed E-state index contributed by atoms with van der Waals surface area (Å²) in [5, 5.41) is 1.30. The summed E-state index contributed by atoms with van der Waals surface area (Å²) < 4.78 is 5.41. The van der Waals surface area contributed by atoms with Gasteiger partial charge in [-0.05, 0) is 48.4 Å². The lowest BCUT2D eigenvalue weighted by atomic mass is 10.1. The van der Waals surface area contributed by atoms with Gasteiger partial charge in [-0.3, -0.25) is 0 Å². The van der Waals surface area contributed by atoms with E-state index in [0.29, 0.717) is 5.92 Å². The molecule has 0 spiro atoms. The molecule has 0 unspecified atom stereocenters. The zero-order valence-corrected chi connectivity index (χ0v) is 15.6. The third kappa shape index (κ3) is 3.42. The van der Waals surface area contributed by atoms with Crippen LogP contribution in [0.3, 0.4) is 0 Å². The second-order valence-corrected chi connectivity index (χ2v) is 7.20. The van der Waals surface area contributed by atoms with Gasteiger partial charge in [-0.2, -0.15) is 0 Å². The summed E-state index contributed by atoms with van der Waals surface area (Å²) in [6.07, 6.45) is 1.67. The molecule has 124 valence electrons. The quantitative estimate of drug-likeness (QED) is 0.588. The van der Waals surface area contributed by atoms with Crippen molar-refractivity contribution in [3.05, 3.63) is 46.3 Å².